The molecule has 0 aliphatic heterocycles. The highest BCUT2D eigenvalue weighted by molar-refractivity contribution is 5.90. The van der Waals surface area contributed by atoms with Gasteiger partial charge in [-0.15, -0.1) is 0 Å². The molecule has 2 heterocycles. The van der Waals surface area contributed by atoms with Crippen LogP contribution < -0.4 is 0 Å². The molecule has 0 aliphatic rings. The molecule has 0 amide bonds. The molecule has 0 unspecified atom stereocenters. The summed E-state index contributed by atoms with van der Waals surface area (Å²) in [5.41, 5.74) is 5.07. The van der Waals surface area contributed by atoms with Crippen molar-refractivity contribution in [2.45, 2.75) is 12.8 Å². The molecule has 0 aliphatic carbocycles. The highest BCUT2D eigenvalue weighted by Gasteiger charge is 2.12. The second-order valence-corrected chi connectivity index (χ2v) is 5.67. The fourth-order valence-electron chi connectivity index (χ4n) is 2.80. The smallest absolute Gasteiger partial charge is 0.0498 e. The van der Waals surface area contributed by atoms with Gasteiger partial charge in [0.15, 0.2) is 0 Å². The summed E-state index contributed by atoms with van der Waals surface area (Å²) in [7, 11) is 4.25. The molecule has 0 saturated carbocycles. The first-order valence-electron chi connectivity index (χ1n) is 7.40. The van der Waals surface area contributed by atoms with Crippen molar-refractivity contribution in [2.75, 3.05) is 20.6 Å². The minimum Gasteiger partial charge on any atom is -0.354 e. The molecule has 21 heavy (non-hydrogen) atoms. The molecular formula is C18H21N3. The van der Waals surface area contributed by atoms with Crippen molar-refractivity contribution < 1.29 is 0 Å². The Morgan fingerprint density at radius 1 is 1.05 bits per heavy atom. The molecule has 0 bridgehead atoms. The van der Waals surface area contributed by atoms with Crippen molar-refractivity contribution in [3.63, 3.8) is 0 Å². The van der Waals surface area contributed by atoms with E-state index in [0.717, 1.165) is 19.4 Å². The van der Waals surface area contributed by atoms with E-state index in [2.05, 4.69) is 65.4 Å². The quantitative estimate of drug-likeness (QED) is 0.772. The Morgan fingerprint density at radius 3 is 2.57 bits per heavy atom. The fraction of sp³-hybridized carbons (Fsp3) is 0.278. The number of para-hydroxylation sites is 1. The molecule has 0 radical (unpaired) electrons. The largest absolute Gasteiger partial charge is 0.354 e. The summed E-state index contributed by atoms with van der Waals surface area (Å²) in [5, 5.41) is 1.34. The third kappa shape index (κ3) is 2.98. The van der Waals surface area contributed by atoms with Crippen LogP contribution in [0.4, 0.5) is 0 Å². The first-order chi connectivity index (χ1) is 10.3. The minimum atomic E-state index is 1.08. The number of hydrogen-bond donors (Lipinski definition) is 1. The first kappa shape index (κ1) is 13.8. The molecule has 0 saturated heterocycles. The van der Waals surface area contributed by atoms with Crippen LogP contribution in [0.2, 0.25) is 0 Å². The Hall–Kier alpha value is -2.13. The van der Waals surface area contributed by atoms with E-state index in [4.69, 9.17) is 0 Å². The van der Waals surface area contributed by atoms with Crippen molar-refractivity contribution in [1.29, 1.82) is 0 Å². The lowest BCUT2D eigenvalue weighted by Crippen LogP contribution is -2.13. The SMILES string of the molecule is CN(C)CCCc1c(-c2ccncc2)[nH]c2ccccc12. The number of rotatable bonds is 5. The summed E-state index contributed by atoms with van der Waals surface area (Å²) in [6.07, 6.45) is 5.95. The van der Waals surface area contributed by atoms with Crippen LogP contribution in [0.1, 0.15) is 12.0 Å². The standard InChI is InChI=1S/C18H21N3/c1-21(2)13-5-7-16-15-6-3-4-8-17(15)20-18(16)14-9-11-19-12-10-14/h3-4,6,8-12,20H,5,7,13H2,1-2H3. The van der Waals surface area contributed by atoms with Crippen LogP contribution in [0.25, 0.3) is 22.2 Å². The number of aryl methyl sites for hydroxylation is 1. The molecule has 2 aromatic heterocycles. The second kappa shape index (κ2) is 6.10. The lowest BCUT2D eigenvalue weighted by molar-refractivity contribution is 0.400. The fourth-order valence-corrected chi connectivity index (χ4v) is 2.80. The lowest BCUT2D eigenvalue weighted by Gasteiger charge is -2.10. The zero-order valence-corrected chi connectivity index (χ0v) is 12.6. The molecule has 3 heteroatoms. The van der Waals surface area contributed by atoms with Crippen molar-refractivity contribution in [3.8, 4) is 11.3 Å². The average molecular weight is 279 g/mol. The second-order valence-electron chi connectivity index (χ2n) is 5.67. The number of aromatic amines is 1. The van der Waals surface area contributed by atoms with Crippen LogP contribution >= 0.6 is 0 Å². The number of fused-ring (bicyclic) bond motifs is 1. The van der Waals surface area contributed by atoms with Gasteiger partial charge in [-0.3, -0.25) is 4.98 Å². The van der Waals surface area contributed by atoms with Crippen molar-refractivity contribution in [1.82, 2.24) is 14.9 Å². The Labute approximate surface area is 125 Å². The van der Waals surface area contributed by atoms with Gasteiger partial charge in [-0.25, -0.2) is 0 Å². The molecule has 0 spiro atoms. The maximum Gasteiger partial charge on any atom is 0.0498 e. The van der Waals surface area contributed by atoms with E-state index in [9.17, 15) is 0 Å². The van der Waals surface area contributed by atoms with Crippen LogP contribution in [0.15, 0.2) is 48.8 Å². The number of aromatic nitrogens is 2. The van der Waals surface area contributed by atoms with Gasteiger partial charge in [0.05, 0.1) is 0 Å². The Bertz CT molecular complexity index is 714. The molecular weight excluding hydrogens is 258 g/mol. The van der Waals surface area contributed by atoms with E-state index in [-0.39, 0.29) is 0 Å². The third-order valence-corrected chi connectivity index (χ3v) is 3.81. The maximum atomic E-state index is 4.12. The van der Waals surface area contributed by atoms with E-state index in [1.54, 1.807) is 0 Å². The Morgan fingerprint density at radius 2 is 1.81 bits per heavy atom. The molecule has 0 atom stereocenters. The molecule has 108 valence electrons. The summed E-state index contributed by atoms with van der Waals surface area (Å²) in [5.74, 6) is 0. The zero-order chi connectivity index (χ0) is 14.7. The van der Waals surface area contributed by atoms with Gasteiger partial charge < -0.3 is 9.88 Å². The number of hydrogen-bond acceptors (Lipinski definition) is 2. The third-order valence-electron chi connectivity index (χ3n) is 3.81. The molecule has 1 aromatic carbocycles. The number of nitrogens with zero attached hydrogens (tertiary/aromatic N) is 2. The van der Waals surface area contributed by atoms with Crippen LogP contribution in [-0.2, 0) is 6.42 Å². The predicted octanol–water partition coefficient (Wildman–Crippen LogP) is 3.72. The minimum absolute atomic E-state index is 1.08. The van der Waals surface area contributed by atoms with Gasteiger partial charge in [-0.2, -0.15) is 0 Å². The molecule has 0 fully saturated rings. The van der Waals surface area contributed by atoms with Gasteiger partial charge in [0.25, 0.3) is 0 Å². The van der Waals surface area contributed by atoms with Gasteiger partial charge in [0.1, 0.15) is 0 Å². The van der Waals surface area contributed by atoms with Crippen molar-refractivity contribution in [2.24, 2.45) is 0 Å². The maximum absolute atomic E-state index is 4.12. The summed E-state index contributed by atoms with van der Waals surface area (Å²) in [6.45, 7) is 1.11. The van der Waals surface area contributed by atoms with Gasteiger partial charge in [0.2, 0.25) is 0 Å². The summed E-state index contributed by atoms with van der Waals surface area (Å²) in [6, 6.07) is 12.7. The molecule has 3 nitrogen and oxygen atoms in total. The number of pyridine rings is 1. The summed E-state index contributed by atoms with van der Waals surface area (Å²) >= 11 is 0. The molecule has 3 aromatic rings. The van der Waals surface area contributed by atoms with Crippen molar-refractivity contribution >= 4 is 10.9 Å². The van der Waals surface area contributed by atoms with Crippen LogP contribution in [0.3, 0.4) is 0 Å². The topological polar surface area (TPSA) is 31.9 Å². The Kier molecular flexibility index (Phi) is 4.02. The number of H-pyrrole nitrogens is 1. The van der Waals surface area contributed by atoms with Gasteiger partial charge >= 0.3 is 0 Å². The van der Waals surface area contributed by atoms with Crippen molar-refractivity contribution in [3.05, 3.63) is 54.4 Å². The van der Waals surface area contributed by atoms with E-state index in [1.165, 1.54) is 27.7 Å². The zero-order valence-electron chi connectivity index (χ0n) is 12.6. The summed E-state index contributed by atoms with van der Waals surface area (Å²) in [4.78, 5) is 9.93. The normalized spacial score (nSPS) is 11.4. The first-order valence-corrected chi connectivity index (χ1v) is 7.40. The summed E-state index contributed by atoms with van der Waals surface area (Å²) < 4.78 is 0. The number of benzene rings is 1. The van der Waals surface area contributed by atoms with Gasteiger partial charge in [0, 0.05) is 34.6 Å². The van der Waals surface area contributed by atoms with Gasteiger partial charge in [-0.1, -0.05) is 18.2 Å². The van der Waals surface area contributed by atoms with Crippen LogP contribution in [0, 0.1) is 0 Å². The predicted molar refractivity (Wildman–Crippen MR) is 88.4 cm³/mol. The Balaban J connectivity index is 2.02. The lowest BCUT2D eigenvalue weighted by atomic mass is 10.0. The average Bonchev–Trinajstić information content (AvgIpc) is 2.87. The highest BCUT2D eigenvalue weighted by Crippen LogP contribution is 2.30. The van der Waals surface area contributed by atoms with Crippen LogP contribution in [-0.4, -0.2) is 35.5 Å². The van der Waals surface area contributed by atoms with E-state index < -0.39 is 0 Å². The molecule has 3 rings (SSSR count). The van der Waals surface area contributed by atoms with E-state index in [0.29, 0.717) is 0 Å². The van der Waals surface area contributed by atoms with E-state index in [1.807, 2.05) is 12.4 Å². The monoisotopic (exact) mass is 279 g/mol. The highest BCUT2D eigenvalue weighted by atomic mass is 15.0. The molecule has 1 N–H and O–H groups in total. The number of nitrogens with one attached hydrogen (secondary N) is 1. The van der Waals surface area contributed by atoms with E-state index >= 15 is 0 Å². The van der Waals surface area contributed by atoms with Crippen LogP contribution in [0.5, 0.6) is 0 Å². The van der Waals surface area contributed by atoms with Gasteiger partial charge in [-0.05, 0) is 57.2 Å².